The molecule has 0 fully saturated rings. The van der Waals surface area contributed by atoms with E-state index in [4.69, 9.17) is 20.4 Å². The predicted octanol–water partition coefficient (Wildman–Crippen LogP) is 8.74. The van der Waals surface area contributed by atoms with Crippen LogP contribution in [0.15, 0.2) is 49.5 Å². The highest BCUT2D eigenvalue weighted by atomic mass is 35.5. The fraction of sp³-hybridized carbons (Fsp3) is 0.488. The Labute approximate surface area is 360 Å². The van der Waals surface area contributed by atoms with Crippen LogP contribution < -0.4 is 9.44 Å². The summed E-state index contributed by atoms with van der Waals surface area (Å²) in [5.74, 6) is -7.01. The van der Waals surface area contributed by atoms with Gasteiger partial charge in [0.05, 0.1) is 30.3 Å². The van der Waals surface area contributed by atoms with Crippen molar-refractivity contribution in [1.82, 2.24) is 9.44 Å². The normalized spacial score (nSPS) is 13.8. The molecule has 4 N–H and O–H groups in total. The molecule has 4 rings (SSSR count). The number of carbonyl (C=O) groups is 2. The molecular formula is C43H54ClF3N2O10S2. The number of hydrogen-bond donors (Lipinski definition) is 4. The van der Waals surface area contributed by atoms with E-state index in [0.29, 0.717) is 16.7 Å². The summed E-state index contributed by atoms with van der Waals surface area (Å²) in [6.45, 7) is 17.3. The number of hydrogen-bond acceptors (Lipinski definition) is 10. The Balaban J connectivity index is 1.65. The number of halogens is 4. The molecule has 0 saturated heterocycles. The maximum absolute atomic E-state index is 16.2. The first-order valence-electron chi connectivity index (χ1n) is 19.6. The van der Waals surface area contributed by atoms with Crippen LogP contribution in [0.2, 0.25) is 5.02 Å². The van der Waals surface area contributed by atoms with Crippen LogP contribution in [-0.2, 0) is 53.7 Å². The highest BCUT2D eigenvalue weighted by Gasteiger charge is 2.33. The molecule has 0 saturated carbocycles. The fourth-order valence-corrected chi connectivity index (χ4v) is 9.57. The van der Waals surface area contributed by atoms with E-state index in [0.717, 1.165) is 18.4 Å². The van der Waals surface area contributed by atoms with E-state index in [1.165, 1.54) is 46.8 Å². The summed E-state index contributed by atoms with van der Waals surface area (Å²) in [6, 6.07) is 4.69. The Hall–Kier alpha value is -4.16. The van der Waals surface area contributed by atoms with Crippen molar-refractivity contribution in [3.8, 4) is 0 Å². The number of nitrogens with one attached hydrogen (secondary N) is 2. The second-order valence-electron chi connectivity index (χ2n) is 17.2. The minimum atomic E-state index is -4.62. The van der Waals surface area contributed by atoms with Crippen molar-refractivity contribution in [3.05, 3.63) is 103 Å². The summed E-state index contributed by atoms with van der Waals surface area (Å²) in [7, 11) is -9.15. The number of furan rings is 2. The van der Waals surface area contributed by atoms with Gasteiger partial charge in [0.25, 0.3) is 20.0 Å². The van der Waals surface area contributed by atoms with Crippen LogP contribution in [0, 0.1) is 24.4 Å². The van der Waals surface area contributed by atoms with Crippen molar-refractivity contribution in [1.29, 1.82) is 0 Å². The van der Waals surface area contributed by atoms with Crippen molar-refractivity contribution in [2.45, 2.75) is 147 Å². The van der Waals surface area contributed by atoms with Crippen LogP contribution in [-0.4, -0.2) is 38.9 Å². The summed E-state index contributed by atoms with van der Waals surface area (Å²) in [5.41, 5.74) is -1.65. The molecule has 0 bridgehead atoms. The van der Waals surface area contributed by atoms with Crippen molar-refractivity contribution in [2.75, 3.05) is 0 Å². The van der Waals surface area contributed by atoms with Gasteiger partial charge >= 0.3 is 0 Å². The molecule has 4 aromatic rings. The molecule has 2 unspecified atom stereocenters. The molecule has 2 atom stereocenters. The quantitative estimate of drug-likeness (QED) is 0.0745. The van der Waals surface area contributed by atoms with Gasteiger partial charge in [-0.1, -0.05) is 53.1 Å². The summed E-state index contributed by atoms with van der Waals surface area (Å²) in [4.78, 5) is 26.8. The molecule has 2 aromatic heterocycles. The van der Waals surface area contributed by atoms with Gasteiger partial charge in [0.1, 0.15) is 28.2 Å². The van der Waals surface area contributed by atoms with Crippen molar-refractivity contribution >= 4 is 43.5 Å². The lowest BCUT2D eigenvalue weighted by Crippen LogP contribution is -2.32. The molecule has 0 aliphatic carbocycles. The van der Waals surface area contributed by atoms with E-state index < -0.39 is 106 Å². The molecule has 18 heteroatoms. The molecule has 0 spiro atoms. The highest BCUT2D eigenvalue weighted by Crippen LogP contribution is 2.41. The highest BCUT2D eigenvalue weighted by molar-refractivity contribution is 7.90. The summed E-state index contributed by atoms with van der Waals surface area (Å²) >= 11 is 6.20. The van der Waals surface area contributed by atoms with E-state index in [1.54, 1.807) is 41.5 Å². The van der Waals surface area contributed by atoms with E-state index in [9.17, 15) is 36.6 Å². The van der Waals surface area contributed by atoms with Crippen LogP contribution in [0.1, 0.15) is 156 Å². The smallest absolute Gasteiger partial charge is 0.297 e. The predicted molar refractivity (Wildman–Crippen MR) is 223 cm³/mol. The lowest BCUT2D eigenvalue weighted by atomic mass is 9.80. The number of sulfonamides is 2. The minimum Gasteiger partial charge on any atom is -0.451 e. The lowest BCUT2D eigenvalue weighted by Gasteiger charge is -2.26. The monoisotopic (exact) mass is 914 g/mol. The second kappa shape index (κ2) is 18.3. The number of aliphatic hydroxyl groups is 2. The molecule has 0 aliphatic heterocycles. The first kappa shape index (κ1) is 49.5. The van der Waals surface area contributed by atoms with Gasteiger partial charge in [0.2, 0.25) is 22.0 Å². The molecule has 0 aliphatic rings. The molecule has 0 radical (unpaired) electrons. The molecule has 336 valence electrons. The zero-order valence-corrected chi connectivity index (χ0v) is 38.4. The molecule has 61 heavy (non-hydrogen) atoms. The van der Waals surface area contributed by atoms with Crippen LogP contribution in [0.3, 0.4) is 0 Å². The van der Waals surface area contributed by atoms with Gasteiger partial charge in [-0.2, -0.15) is 16.8 Å². The molecular weight excluding hydrogens is 861 g/mol. The number of carbonyl (C=O) groups excluding carboxylic acids is 2. The van der Waals surface area contributed by atoms with Gasteiger partial charge in [0.15, 0.2) is 0 Å². The van der Waals surface area contributed by atoms with Crippen LogP contribution in [0.25, 0.3) is 0 Å². The third-order valence-corrected chi connectivity index (χ3v) is 13.4. The maximum Gasteiger partial charge on any atom is 0.297 e. The Bertz CT molecular complexity index is 2530. The number of aryl methyl sites for hydroxylation is 1. The Morgan fingerprint density at radius 3 is 1.72 bits per heavy atom. The van der Waals surface area contributed by atoms with Crippen LogP contribution >= 0.6 is 11.6 Å². The van der Waals surface area contributed by atoms with Gasteiger partial charge in [0, 0.05) is 23.3 Å². The SMILES string of the molecule is Cc1oc(S(=O)(=O)NC(=O)Cc2c(C(C)C)cc(F)cc2C(C)CCC(C)c2c(F)c(Cl)c(F)c(C(C)C)c2CC(=O)NS(=O)(=O)c2cc(C(C)(C)O)co2)cc1C(C)(C)O. The zero-order chi connectivity index (χ0) is 46.3. The van der Waals surface area contributed by atoms with Crippen molar-refractivity contribution in [3.63, 3.8) is 0 Å². The molecule has 12 nitrogen and oxygen atoms in total. The van der Waals surface area contributed by atoms with Gasteiger partial charge in [-0.15, -0.1) is 0 Å². The van der Waals surface area contributed by atoms with Crippen molar-refractivity contribution in [2.24, 2.45) is 0 Å². The third-order valence-electron chi connectivity index (χ3n) is 10.6. The third kappa shape index (κ3) is 11.3. The summed E-state index contributed by atoms with van der Waals surface area (Å²) in [6.07, 6.45) is 0.139. The fourth-order valence-electron chi connectivity index (χ4n) is 7.45. The topological polar surface area (TPSA) is 193 Å². The molecule has 2 heterocycles. The van der Waals surface area contributed by atoms with Gasteiger partial charge in [-0.05, 0) is 117 Å². The first-order chi connectivity index (χ1) is 27.9. The molecule has 2 amide bonds. The summed E-state index contributed by atoms with van der Waals surface area (Å²) < 4.78 is 114. The average molecular weight is 915 g/mol. The Morgan fingerprint density at radius 2 is 1.23 bits per heavy atom. The van der Waals surface area contributed by atoms with Gasteiger partial charge in [-0.3, -0.25) is 9.59 Å². The summed E-state index contributed by atoms with van der Waals surface area (Å²) in [5, 5.41) is 18.6. The van der Waals surface area contributed by atoms with Gasteiger partial charge in [-0.25, -0.2) is 22.6 Å². The first-order valence-corrected chi connectivity index (χ1v) is 23.0. The lowest BCUT2D eigenvalue weighted by molar-refractivity contribution is -0.119. The van der Waals surface area contributed by atoms with E-state index >= 15 is 13.2 Å². The Morgan fingerprint density at radius 1 is 0.721 bits per heavy atom. The van der Waals surface area contributed by atoms with E-state index in [1.807, 2.05) is 9.44 Å². The van der Waals surface area contributed by atoms with Crippen LogP contribution in [0.5, 0.6) is 0 Å². The van der Waals surface area contributed by atoms with E-state index in [2.05, 4.69) is 0 Å². The molecule has 2 aromatic carbocycles. The van der Waals surface area contributed by atoms with E-state index in [-0.39, 0.29) is 52.3 Å². The number of amides is 2. The second-order valence-corrected chi connectivity index (χ2v) is 20.8. The zero-order valence-electron chi connectivity index (χ0n) is 36.0. The van der Waals surface area contributed by atoms with Crippen LogP contribution in [0.4, 0.5) is 13.2 Å². The minimum absolute atomic E-state index is 0.0906. The van der Waals surface area contributed by atoms with Crippen molar-refractivity contribution < 1.29 is 58.6 Å². The standard InChI is InChI=1S/C43H54ClF3N2O10S2/c1-21(2)28-15-27(45)16-29(30(28)17-33(50)49-61(56,57)36-19-32(25(7)59-36)43(10,11)53)23(5)12-13-24(6)38-31(37(22(3)4)40(46)39(44)41(38)47)18-34(51)48-60(54,55)35-14-26(20-58-35)42(8,9)52/h14-16,19-24,52-53H,12-13,17-18H2,1-11H3,(H,48,51)(H,49,50). The number of rotatable bonds is 17. The number of benzene rings is 2. The van der Waals surface area contributed by atoms with Gasteiger partial charge < -0.3 is 19.0 Å². The Kier molecular flexibility index (Phi) is 14.8. The average Bonchev–Trinajstić information content (AvgIpc) is 3.79. The largest absolute Gasteiger partial charge is 0.451 e. The maximum atomic E-state index is 16.2.